The fourth-order valence-electron chi connectivity index (χ4n) is 3.12. The highest BCUT2D eigenvalue weighted by molar-refractivity contribution is 6.35. The van der Waals surface area contributed by atoms with Crippen molar-refractivity contribution in [2.45, 2.75) is 6.42 Å². The third-order valence-electron chi connectivity index (χ3n) is 4.72. The van der Waals surface area contributed by atoms with Crippen LogP contribution in [0.1, 0.15) is 5.56 Å². The Kier molecular flexibility index (Phi) is 6.42. The minimum absolute atomic E-state index is 0.0154. The molecule has 1 saturated heterocycles. The van der Waals surface area contributed by atoms with Crippen molar-refractivity contribution in [3.8, 4) is 0 Å². The lowest BCUT2D eigenvalue weighted by Gasteiger charge is -2.36. The van der Waals surface area contributed by atoms with Gasteiger partial charge in [-0.2, -0.15) is 0 Å². The molecule has 0 bridgehead atoms. The van der Waals surface area contributed by atoms with Crippen molar-refractivity contribution >= 4 is 40.8 Å². The third-order valence-corrected chi connectivity index (χ3v) is 5.16. The Hall–Kier alpha value is -2.31. The topological polar surface area (TPSA) is 43.9 Å². The zero-order valence-corrected chi connectivity index (χ0v) is 16.9. The first-order valence-electron chi connectivity index (χ1n) is 8.85. The smallest absolute Gasteiger partial charge is 0.324 e. The van der Waals surface area contributed by atoms with Crippen LogP contribution in [0.15, 0.2) is 42.5 Å². The number of rotatable bonds is 3. The maximum absolute atomic E-state index is 13.7. The Morgan fingerprint density at radius 1 is 1.00 bits per heavy atom. The van der Waals surface area contributed by atoms with E-state index in [1.165, 1.54) is 11.0 Å². The van der Waals surface area contributed by atoms with Crippen LogP contribution in [0.2, 0.25) is 10.0 Å². The minimum atomic E-state index is -0.383. The molecule has 2 aromatic carbocycles. The molecule has 0 atom stereocenters. The van der Waals surface area contributed by atoms with Crippen molar-refractivity contribution in [3.63, 3.8) is 0 Å². The lowest BCUT2D eigenvalue weighted by molar-refractivity contribution is -0.131. The number of hydrogen-bond acceptors (Lipinski definition) is 2. The Labute approximate surface area is 173 Å². The van der Waals surface area contributed by atoms with Crippen molar-refractivity contribution < 1.29 is 14.0 Å². The monoisotopic (exact) mass is 423 g/mol. The Morgan fingerprint density at radius 2 is 1.57 bits per heavy atom. The second kappa shape index (κ2) is 8.80. The van der Waals surface area contributed by atoms with Gasteiger partial charge in [0.15, 0.2) is 0 Å². The molecule has 1 aliphatic heterocycles. The van der Waals surface area contributed by atoms with E-state index in [4.69, 9.17) is 23.2 Å². The SMILES string of the molecule is CN(C(=O)N1CCN(C(=O)Cc2ccccc2F)CC1)c1cc(Cl)cc(Cl)c1. The van der Waals surface area contributed by atoms with E-state index in [-0.39, 0.29) is 24.2 Å². The molecular formula is C20H20Cl2FN3O2. The molecule has 1 aliphatic rings. The van der Waals surface area contributed by atoms with E-state index in [0.29, 0.717) is 47.5 Å². The molecular weight excluding hydrogens is 404 g/mol. The number of nitrogens with zero attached hydrogens (tertiary/aromatic N) is 3. The van der Waals surface area contributed by atoms with Gasteiger partial charge in [0.2, 0.25) is 5.91 Å². The quantitative estimate of drug-likeness (QED) is 0.746. The number of anilines is 1. The molecule has 0 spiro atoms. The third kappa shape index (κ3) is 4.75. The zero-order chi connectivity index (χ0) is 20.3. The number of carbonyl (C=O) groups excluding carboxylic acids is 2. The zero-order valence-electron chi connectivity index (χ0n) is 15.4. The van der Waals surface area contributed by atoms with Gasteiger partial charge in [-0.15, -0.1) is 0 Å². The first-order valence-corrected chi connectivity index (χ1v) is 9.60. The summed E-state index contributed by atoms with van der Waals surface area (Å²) in [5, 5.41) is 0.899. The highest BCUT2D eigenvalue weighted by Crippen LogP contribution is 2.25. The van der Waals surface area contributed by atoms with Crippen molar-refractivity contribution in [1.29, 1.82) is 0 Å². The summed E-state index contributed by atoms with van der Waals surface area (Å²) in [4.78, 5) is 30.0. The summed E-state index contributed by atoms with van der Waals surface area (Å²) in [5.74, 6) is -0.529. The van der Waals surface area contributed by atoms with Crippen LogP contribution in [0, 0.1) is 5.82 Å². The van der Waals surface area contributed by atoms with Gasteiger partial charge in [0.1, 0.15) is 5.82 Å². The number of hydrogen-bond donors (Lipinski definition) is 0. The fraction of sp³-hybridized carbons (Fsp3) is 0.300. The largest absolute Gasteiger partial charge is 0.339 e. The molecule has 148 valence electrons. The van der Waals surface area contributed by atoms with Gasteiger partial charge in [0, 0.05) is 49.0 Å². The van der Waals surface area contributed by atoms with Crippen molar-refractivity contribution in [2.24, 2.45) is 0 Å². The number of amides is 3. The highest BCUT2D eigenvalue weighted by Gasteiger charge is 2.27. The van der Waals surface area contributed by atoms with Crippen LogP contribution < -0.4 is 4.90 Å². The Morgan fingerprint density at radius 3 is 2.18 bits per heavy atom. The van der Waals surface area contributed by atoms with Gasteiger partial charge < -0.3 is 9.80 Å². The summed E-state index contributed by atoms with van der Waals surface area (Å²) in [5.41, 5.74) is 0.976. The number of carbonyl (C=O) groups is 2. The van der Waals surface area contributed by atoms with Gasteiger partial charge in [-0.1, -0.05) is 41.4 Å². The molecule has 0 aliphatic carbocycles. The summed E-state index contributed by atoms with van der Waals surface area (Å²) >= 11 is 12.0. The van der Waals surface area contributed by atoms with Crippen LogP contribution in [0.25, 0.3) is 0 Å². The standard InChI is InChI=1S/C20H20Cl2FN3O2/c1-24(17-12-15(21)11-16(22)13-17)20(28)26-8-6-25(7-9-26)19(27)10-14-4-2-3-5-18(14)23/h2-5,11-13H,6-10H2,1H3. The van der Waals surface area contributed by atoms with E-state index in [1.54, 1.807) is 53.2 Å². The van der Waals surface area contributed by atoms with E-state index in [1.807, 2.05) is 0 Å². The summed E-state index contributed by atoms with van der Waals surface area (Å²) in [7, 11) is 1.65. The minimum Gasteiger partial charge on any atom is -0.339 e. The Bertz CT molecular complexity index is 865. The normalized spacial score (nSPS) is 14.1. The lowest BCUT2D eigenvalue weighted by atomic mass is 10.1. The van der Waals surface area contributed by atoms with E-state index in [9.17, 15) is 14.0 Å². The first kappa shape index (κ1) is 20.4. The molecule has 5 nitrogen and oxygen atoms in total. The van der Waals surface area contributed by atoms with Gasteiger partial charge in [-0.3, -0.25) is 9.69 Å². The molecule has 3 amide bonds. The van der Waals surface area contributed by atoms with Crippen molar-refractivity contribution in [3.05, 3.63) is 63.9 Å². The van der Waals surface area contributed by atoms with E-state index in [0.717, 1.165) is 0 Å². The summed E-state index contributed by atoms with van der Waals surface area (Å²) in [6.45, 7) is 1.62. The molecule has 0 radical (unpaired) electrons. The predicted octanol–water partition coefficient (Wildman–Crippen LogP) is 4.08. The second-order valence-electron chi connectivity index (χ2n) is 6.61. The predicted molar refractivity (Wildman–Crippen MR) is 109 cm³/mol. The molecule has 0 aromatic heterocycles. The summed E-state index contributed by atoms with van der Waals surface area (Å²) in [6.07, 6.45) is 0.0154. The van der Waals surface area contributed by atoms with Crippen LogP contribution in [0.5, 0.6) is 0 Å². The van der Waals surface area contributed by atoms with E-state index >= 15 is 0 Å². The van der Waals surface area contributed by atoms with Gasteiger partial charge in [0.05, 0.1) is 6.42 Å². The maximum Gasteiger partial charge on any atom is 0.324 e. The average molecular weight is 424 g/mol. The number of halogens is 3. The Balaban J connectivity index is 1.57. The van der Waals surface area contributed by atoms with E-state index < -0.39 is 0 Å². The van der Waals surface area contributed by atoms with E-state index in [2.05, 4.69) is 0 Å². The van der Waals surface area contributed by atoms with Gasteiger partial charge in [0.25, 0.3) is 0 Å². The van der Waals surface area contributed by atoms with Crippen LogP contribution in [-0.4, -0.2) is 55.0 Å². The van der Waals surface area contributed by atoms with Gasteiger partial charge >= 0.3 is 6.03 Å². The van der Waals surface area contributed by atoms with Gasteiger partial charge in [-0.05, 0) is 29.8 Å². The number of urea groups is 1. The van der Waals surface area contributed by atoms with Crippen LogP contribution in [0.4, 0.5) is 14.9 Å². The molecule has 0 saturated carbocycles. The molecule has 2 aromatic rings. The molecule has 0 unspecified atom stereocenters. The van der Waals surface area contributed by atoms with Crippen molar-refractivity contribution in [2.75, 3.05) is 38.1 Å². The average Bonchev–Trinajstić information content (AvgIpc) is 2.68. The number of benzene rings is 2. The molecule has 8 heteroatoms. The fourth-order valence-corrected chi connectivity index (χ4v) is 3.63. The molecule has 28 heavy (non-hydrogen) atoms. The summed E-state index contributed by atoms with van der Waals surface area (Å²) in [6, 6.07) is 11.0. The van der Waals surface area contributed by atoms with Crippen LogP contribution in [-0.2, 0) is 11.2 Å². The van der Waals surface area contributed by atoms with Crippen LogP contribution >= 0.6 is 23.2 Å². The second-order valence-corrected chi connectivity index (χ2v) is 7.48. The first-order chi connectivity index (χ1) is 13.3. The van der Waals surface area contributed by atoms with Crippen LogP contribution in [0.3, 0.4) is 0 Å². The van der Waals surface area contributed by atoms with Gasteiger partial charge in [-0.25, -0.2) is 9.18 Å². The number of piperazine rings is 1. The van der Waals surface area contributed by atoms with Crippen molar-refractivity contribution in [1.82, 2.24) is 9.80 Å². The molecule has 3 rings (SSSR count). The molecule has 1 heterocycles. The molecule has 0 N–H and O–H groups in total. The lowest BCUT2D eigenvalue weighted by Crippen LogP contribution is -2.53. The molecule has 1 fully saturated rings. The highest BCUT2D eigenvalue weighted by atomic mass is 35.5. The maximum atomic E-state index is 13.7. The summed E-state index contributed by atoms with van der Waals surface area (Å²) < 4.78 is 13.7.